The molecule has 1 aromatic heterocycles. The Labute approximate surface area is 129 Å². The van der Waals surface area contributed by atoms with E-state index in [4.69, 9.17) is 0 Å². The molecule has 110 valence electrons. The van der Waals surface area contributed by atoms with Crippen molar-refractivity contribution in [3.05, 3.63) is 50.6 Å². The number of hydrogen-bond donors (Lipinski definition) is 1. The number of non-ortho nitro benzene ring substituents is 1. The molecule has 7 nitrogen and oxygen atoms in total. The number of hydrogen-bond acceptors (Lipinski definition) is 4. The molecule has 8 heteroatoms. The Kier molecular flexibility index (Phi) is 4.37. The first-order chi connectivity index (χ1) is 9.90. The normalized spacial score (nSPS) is 10.7. The molecule has 0 fully saturated rings. The molecule has 0 aliphatic rings. The highest BCUT2D eigenvalue weighted by Gasteiger charge is 2.17. The predicted molar refractivity (Wildman–Crippen MR) is 81.4 cm³/mol. The number of nitro benzene ring substituents is 1. The first-order valence-electron chi connectivity index (χ1n) is 6.19. The molecule has 2 aromatic rings. The van der Waals surface area contributed by atoms with Crippen LogP contribution in [0.15, 0.2) is 34.9 Å². The molecule has 0 spiro atoms. The van der Waals surface area contributed by atoms with Crippen LogP contribution in [-0.2, 0) is 0 Å². The van der Waals surface area contributed by atoms with Gasteiger partial charge in [-0.2, -0.15) is 5.10 Å². The Morgan fingerprint density at radius 3 is 2.76 bits per heavy atom. The van der Waals surface area contributed by atoms with Crippen LogP contribution in [0.4, 0.5) is 11.5 Å². The van der Waals surface area contributed by atoms with E-state index in [1.165, 1.54) is 18.2 Å². The van der Waals surface area contributed by atoms with E-state index in [9.17, 15) is 14.9 Å². The number of aromatic nitrogens is 2. The molecule has 1 amide bonds. The standard InChI is InChI=1S/C13H13BrN4O3/c1-8(2)17-12(5-6-15-17)16-13(19)10-7-9(18(20)21)3-4-11(10)14/h3-8H,1-2H3,(H,16,19). The summed E-state index contributed by atoms with van der Waals surface area (Å²) in [5, 5.41) is 17.6. The molecule has 0 bridgehead atoms. The lowest BCUT2D eigenvalue weighted by Gasteiger charge is -2.12. The molecule has 2 rings (SSSR count). The van der Waals surface area contributed by atoms with Crippen molar-refractivity contribution < 1.29 is 9.72 Å². The van der Waals surface area contributed by atoms with E-state index in [0.717, 1.165) is 0 Å². The van der Waals surface area contributed by atoms with E-state index in [1.54, 1.807) is 16.9 Å². The van der Waals surface area contributed by atoms with Gasteiger partial charge in [0.15, 0.2) is 0 Å². The van der Waals surface area contributed by atoms with Gasteiger partial charge in [-0.1, -0.05) is 0 Å². The summed E-state index contributed by atoms with van der Waals surface area (Å²) in [6.07, 6.45) is 1.58. The maximum Gasteiger partial charge on any atom is 0.270 e. The summed E-state index contributed by atoms with van der Waals surface area (Å²) >= 11 is 3.23. The lowest BCUT2D eigenvalue weighted by atomic mass is 10.2. The van der Waals surface area contributed by atoms with E-state index in [1.807, 2.05) is 13.8 Å². The van der Waals surface area contributed by atoms with Gasteiger partial charge in [-0.15, -0.1) is 0 Å². The van der Waals surface area contributed by atoms with Crippen molar-refractivity contribution in [1.29, 1.82) is 0 Å². The van der Waals surface area contributed by atoms with Gasteiger partial charge in [0.1, 0.15) is 5.82 Å². The SMILES string of the molecule is CC(C)n1nccc1NC(=O)c1cc([N+](=O)[O-])ccc1Br. The maximum absolute atomic E-state index is 12.3. The molecule has 0 atom stereocenters. The van der Waals surface area contributed by atoms with Crippen molar-refractivity contribution in [2.75, 3.05) is 5.32 Å². The second-order valence-corrected chi connectivity index (χ2v) is 5.48. The summed E-state index contributed by atoms with van der Waals surface area (Å²) in [5.41, 5.74) is 0.0569. The highest BCUT2D eigenvalue weighted by molar-refractivity contribution is 9.10. The zero-order chi connectivity index (χ0) is 15.6. The highest BCUT2D eigenvalue weighted by atomic mass is 79.9. The minimum Gasteiger partial charge on any atom is -0.307 e. The van der Waals surface area contributed by atoms with Crippen LogP contribution in [0.3, 0.4) is 0 Å². The van der Waals surface area contributed by atoms with Crippen LogP contribution in [-0.4, -0.2) is 20.6 Å². The lowest BCUT2D eigenvalue weighted by Crippen LogP contribution is -2.17. The van der Waals surface area contributed by atoms with Gasteiger partial charge in [0.2, 0.25) is 0 Å². The Hall–Kier alpha value is -2.22. The largest absolute Gasteiger partial charge is 0.307 e. The van der Waals surface area contributed by atoms with Crippen LogP contribution in [0.25, 0.3) is 0 Å². The topological polar surface area (TPSA) is 90.1 Å². The average Bonchev–Trinajstić information content (AvgIpc) is 2.87. The molecular weight excluding hydrogens is 340 g/mol. The summed E-state index contributed by atoms with van der Waals surface area (Å²) in [4.78, 5) is 22.5. The molecule has 21 heavy (non-hydrogen) atoms. The Bertz CT molecular complexity index is 696. The third kappa shape index (κ3) is 3.27. The van der Waals surface area contributed by atoms with Crippen molar-refractivity contribution in [3.8, 4) is 0 Å². The molecule has 0 aliphatic heterocycles. The van der Waals surface area contributed by atoms with Crippen LogP contribution in [0.2, 0.25) is 0 Å². The van der Waals surface area contributed by atoms with Crippen molar-refractivity contribution in [1.82, 2.24) is 9.78 Å². The second kappa shape index (κ2) is 6.04. The van der Waals surface area contributed by atoms with E-state index >= 15 is 0 Å². The number of nitrogens with zero attached hydrogens (tertiary/aromatic N) is 3. The van der Waals surface area contributed by atoms with Gasteiger partial charge in [0.05, 0.1) is 16.7 Å². The molecule has 0 saturated heterocycles. The van der Waals surface area contributed by atoms with Crippen LogP contribution < -0.4 is 5.32 Å². The second-order valence-electron chi connectivity index (χ2n) is 4.63. The average molecular weight is 353 g/mol. The van der Waals surface area contributed by atoms with Crippen LogP contribution in [0.1, 0.15) is 30.2 Å². The number of halogens is 1. The monoisotopic (exact) mass is 352 g/mol. The Balaban J connectivity index is 2.30. The number of nitrogens with one attached hydrogen (secondary N) is 1. The number of carbonyl (C=O) groups is 1. The van der Waals surface area contributed by atoms with Crippen LogP contribution in [0.5, 0.6) is 0 Å². The number of rotatable bonds is 4. The van der Waals surface area contributed by atoms with E-state index < -0.39 is 10.8 Å². The van der Waals surface area contributed by atoms with E-state index in [-0.39, 0.29) is 17.3 Å². The molecule has 1 N–H and O–H groups in total. The van der Waals surface area contributed by atoms with Crippen molar-refractivity contribution >= 4 is 33.3 Å². The Morgan fingerprint density at radius 2 is 2.14 bits per heavy atom. The van der Waals surface area contributed by atoms with Crippen molar-refractivity contribution in [3.63, 3.8) is 0 Å². The fraction of sp³-hybridized carbons (Fsp3) is 0.231. The highest BCUT2D eigenvalue weighted by Crippen LogP contribution is 2.24. The predicted octanol–water partition coefficient (Wildman–Crippen LogP) is 3.39. The van der Waals surface area contributed by atoms with Gasteiger partial charge in [-0.05, 0) is 35.8 Å². The third-order valence-electron chi connectivity index (χ3n) is 2.81. The van der Waals surface area contributed by atoms with E-state index in [2.05, 4.69) is 26.3 Å². The zero-order valence-corrected chi connectivity index (χ0v) is 13.0. The van der Waals surface area contributed by atoms with Gasteiger partial charge < -0.3 is 5.32 Å². The van der Waals surface area contributed by atoms with Crippen molar-refractivity contribution in [2.24, 2.45) is 0 Å². The number of carbonyl (C=O) groups excluding carboxylic acids is 1. The third-order valence-corrected chi connectivity index (χ3v) is 3.50. The minimum atomic E-state index is -0.540. The molecule has 0 saturated carbocycles. The van der Waals surface area contributed by atoms with Gasteiger partial charge in [0, 0.05) is 28.7 Å². The van der Waals surface area contributed by atoms with Gasteiger partial charge in [-0.3, -0.25) is 14.9 Å². The van der Waals surface area contributed by atoms with Gasteiger partial charge >= 0.3 is 0 Å². The molecule has 0 unspecified atom stereocenters. The summed E-state index contributed by atoms with van der Waals surface area (Å²) in [5.74, 6) is 0.0985. The number of amides is 1. The summed E-state index contributed by atoms with van der Waals surface area (Å²) < 4.78 is 2.14. The number of benzene rings is 1. The van der Waals surface area contributed by atoms with Crippen molar-refractivity contribution in [2.45, 2.75) is 19.9 Å². The first-order valence-corrected chi connectivity index (χ1v) is 6.98. The first kappa shape index (κ1) is 15.2. The lowest BCUT2D eigenvalue weighted by molar-refractivity contribution is -0.384. The molecular formula is C13H13BrN4O3. The quantitative estimate of drug-likeness (QED) is 0.674. The fourth-order valence-corrected chi connectivity index (χ4v) is 2.24. The summed E-state index contributed by atoms with van der Waals surface area (Å²) in [6.45, 7) is 3.87. The molecule has 0 radical (unpaired) electrons. The van der Waals surface area contributed by atoms with Crippen LogP contribution in [0, 0.1) is 10.1 Å². The number of nitro groups is 1. The molecule has 1 aromatic carbocycles. The van der Waals surface area contributed by atoms with Crippen LogP contribution >= 0.6 is 15.9 Å². The molecule has 1 heterocycles. The zero-order valence-electron chi connectivity index (χ0n) is 11.4. The molecule has 0 aliphatic carbocycles. The maximum atomic E-state index is 12.3. The van der Waals surface area contributed by atoms with Gasteiger partial charge in [-0.25, -0.2) is 4.68 Å². The minimum absolute atomic E-state index is 0.0869. The smallest absolute Gasteiger partial charge is 0.270 e. The van der Waals surface area contributed by atoms with E-state index in [0.29, 0.717) is 10.3 Å². The van der Waals surface area contributed by atoms with Gasteiger partial charge in [0.25, 0.3) is 11.6 Å². The fourth-order valence-electron chi connectivity index (χ4n) is 1.81. The Morgan fingerprint density at radius 1 is 1.43 bits per heavy atom. The number of anilines is 1. The summed E-state index contributed by atoms with van der Waals surface area (Å²) in [7, 11) is 0. The summed E-state index contributed by atoms with van der Waals surface area (Å²) in [6, 6.07) is 5.80.